The first-order chi connectivity index (χ1) is 9.61. The summed E-state index contributed by atoms with van der Waals surface area (Å²) in [6.45, 7) is 0.283. The highest BCUT2D eigenvalue weighted by atomic mass is 79.9. The smallest absolute Gasteiger partial charge is 0.336 e. The van der Waals surface area contributed by atoms with E-state index < -0.39 is 5.97 Å². The Morgan fingerprint density at radius 3 is 2.80 bits per heavy atom. The molecule has 1 N–H and O–H groups in total. The molecule has 0 aliphatic heterocycles. The average Bonchev–Trinajstić information content (AvgIpc) is 2.46. The minimum atomic E-state index is -1.04. The lowest BCUT2D eigenvalue weighted by atomic mass is 10.2. The first-order valence-electron chi connectivity index (χ1n) is 5.74. The fraction of sp³-hybridized carbons (Fsp3) is 0.143. The van der Waals surface area contributed by atoms with Gasteiger partial charge in [0.2, 0.25) is 0 Å². The standard InChI is InChI=1S/C14H12BrNO4/c1-19-12-6-11(15)10(14(17)18)5-13(12)20-8-9-3-2-4-16-7-9/h2-7H,8H2,1H3,(H,17,18). The van der Waals surface area contributed by atoms with E-state index in [9.17, 15) is 4.79 Å². The van der Waals surface area contributed by atoms with E-state index in [2.05, 4.69) is 20.9 Å². The number of hydrogen-bond acceptors (Lipinski definition) is 4. The van der Waals surface area contributed by atoms with Gasteiger partial charge in [-0.1, -0.05) is 6.07 Å². The molecule has 2 rings (SSSR count). The number of halogens is 1. The summed E-state index contributed by atoms with van der Waals surface area (Å²) in [5.41, 5.74) is 1.00. The summed E-state index contributed by atoms with van der Waals surface area (Å²) in [4.78, 5) is 15.1. The number of pyridine rings is 1. The van der Waals surface area contributed by atoms with Crippen LogP contribution < -0.4 is 9.47 Å². The molecule has 20 heavy (non-hydrogen) atoms. The van der Waals surface area contributed by atoms with Crippen LogP contribution in [0, 0.1) is 0 Å². The van der Waals surface area contributed by atoms with Crippen LogP contribution in [0.4, 0.5) is 0 Å². The van der Waals surface area contributed by atoms with E-state index >= 15 is 0 Å². The van der Waals surface area contributed by atoms with E-state index in [1.165, 1.54) is 13.2 Å². The van der Waals surface area contributed by atoms with Crippen LogP contribution in [0.5, 0.6) is 11.5 Å². The van der Waals surface area contributed by atoms with Crippen LogP contribution in [0.1, 0.15) is 15.9 Å². The molecule has 0 amide bonds. The van der Waals surface area contributed by atoms with Crippen molar-refractivity contribution >= 4 is 21.9 Å². The van der Waals surface area contributed by atoms with E-state index in [1.54, 1.807) is 24.5 Å². The fourth-order valence-electron chi connectivity index (χ4n) is 1.62. The summed E-state index contributed by atoms with van der Waals surface area (Å²) >= 11 is 3.19. The number of ether oxygens (including phenoxy) is 2. The molecule has 0 radical (unpaired) electrons. The zero-order chi connectivity index (χ0) is 14.5. The molecule has 0 saturated heterocycles. The molecule has 0 fully saturated rings. The van der Waals surface area contributed by atoms with Gasteiger partial charge in [0.1, 0.15) is 6.61 Å². The van der Waals surface area contributed by atoms with Crippen LogP contribution in [0.2, 0.25) is 0 Å². The molecule has 0 unspecified atom stereocenters. The Balaban J connectivity index is 2.25. The normalized spacial score (nSPS) is 10.1. The van der Waals surface area contributed by atoms with Crippen molar-refractivity contribution in [2.75, 3.05) is 7.11 Å². The molecule has 1 heterocycles. The molecule has 104 valence electrons. The van der Waals surface area contributed by atoms with Gasteiger partial charge >= 0.3 is 5.97 Å². The molecule has 0 aliphatic rings. The number of carboxylic acid groups (broad SMARTS) is 1. The summed E-state index contributed by atoms with van der Waals surface area (Å²) < 4.78 is 11.2. The van der Waals surface area contributed by atoms with Crippen molar-refractivity contribution < 1.29 is 19.4 Å². The molecule has 0 spiro atoms. The van der Waals surface area contributed by atoms with Gasteiger partial charge in [-0.3, -0.25) is 4.98 Å². The maximum absolute atomic E-state index is 11.1. The largest absolute Gasteiger partial charge is 0.493 e. The number of rotatable bonds is 5. The lowest BCUT2D eigenvalue weighted by molar-refractivity contribution is 0.0695. The molecule has 1 aromatic carbocycles. The zero-order valence-corrected chi connectivity index (χ0v) is 12.3. The first-order valence-corrected chi connectivity index (χ1v) is 6.53. The van der Waals surface area contributed by atoms with E-state index in [-0.39, 0.29) is 12.2 Å². The molecule has 0 saturated carbocycles. The second kappa shape index (κ2) is 6.38. The van der Waals surface area contributed by atoms with Gasteiger partial charge in [0, 0.05) is 22.4 Å². The fourth-order valence-corrected chi connectivity index (χ4v) is 2.11. The monoisotopic (exact) mass is 337 g/mol. The quantitative estimate of drug-likeness (QED) is 0.907. The van der Waals surface area contributed by atoms with Gasteiger partial charge in [0.05, 0.1) is 12.7 Å². The van der Waals surface area contributed by atoms with Crippen LogP contribution in [-0.2, 0) is 6.61 Å². The topological polar surface area (TPSA) is 68.7 Å². The van der Waals surface area contributed by atoms with Crippen LogP contribution in [0.15, 0.2) is 41.1 Å². The molecule has 6 heteroatoms. The van der Waals surface area contributed by atoms with Gasteiger partial charge in [0.15, 0.2) is 11.5 Å². The summed E-state index contributed by atoms with van der Waals surface area (Å²) in [6.07, 6.45) is 3.36. The van der Waals surface area contributed by atoms with Crippen LogP contribution in [0.25, 0.3) is 0 Å². The van der Waals surface area contributed by atoms with Crippen molar-refractivity contribution in [3.05, 3.63) is 52.3 Å². The third kappa shape index (κ3) is 3.27. The number of nitrogens with zero attached hydrogens (tertiary/aromatic N) is 1. The molecule has 0 atom stereocenters. The maximum Gasteiger partial charge on any atom is 0.336 e. The number of aromatic carboxylic acids is 1. The van der Waals surface area contributed by atoms with Gasteiger partial charge in [-0.15, -0.1) is 0 Å². The van der Waals surface area contributed by atoms with Crippen molar-refractivity contribution in [3.8, 4) is 11.5 Å². The Morgan fingerprint density at radius 1 is 1.40 bits per heavy atom. The zero-order valence-electron chi connectivity index (χ0n) is 10.7. The molecule has 1 aromatic heterocycles. The Hall–Kier alpha value is -2.08. The molecule has 5 nitrogen and oxygen atoms in total. The number of carbonyl (C=O) groups is 1. The number of hydrogen-bond donors (Lipinski definition) is 1. The minimum Gasteiger partial charge on any atom is -0.493 e. The molecular formula is C14H12BrNO4. The predicted octanol–water partition coefficient (Wildman–Crippen LogP) is 3.13. The summed E-state index contributed by atoms with van der Waals surface area (Å²) in [6, 6.07) is 6.68. The van der Waals surface area contributed by atoms with Crippen molar-refractivity contribution in [2.24, 2.45) is 0 Å². The van der Waals surface area contributed by atoms with E-state index in [4.69, 9.17) is 14.6 Å². The second-order valence-electron chi connectivity index (χ2n) is 3.94. The van der Waals surface area contributed by atoms with Crippen molar-refractivity contribution in [1.29, 1.82) is 0 Å². The van der Waals surface area contributed by atoms with E-state index in [0.717, 1.165) is 5.56 Å². The minimum absolute atomic E-state index is 0.118. The number of carboxylic acids is 1. The highest BCUT2D eigenvalue weighted by Gasteiger charge is 2.15. The molecular weight excluding hydrogens is 326 g/mol. The van der Waals surface area contributed by atoms with Crippen LogP contribution >= 0.6 is 15.9 Å². The van der Waals surface area contributed by atoms with Crippen LogP contribution in [0.3, 0.4) is 0 Å². The lowest BCUT2D eigenvalue weighted by Crippen LogP contribution is -2.02. The van der Waals surface area contributed by atoms with Gasteiger partial charge in [0.25, 0.3) is 0 Å². The summed E-state index contributed by atoms with van der Waals surface area (Å²) in [5.74, 6) is -0.200. The van der Waals surface area contributed by atoms with Gasteiger partial charge in [-0.25, -0.2) is 4.79 Å². The molecule has 0 aliphatic carbocycles. The van der Waals surface area contributed by atoms with Gasteiger partial charge in [-0.05, 0) is 34.1 Å². The Morgan fingerprint density at radius 2 is 2.20 bits per heavy atom. The number of methoxy groups -OCH3 is 1. The Bertz CT molecular complexity index is 616. The molecule has 0 bridgehead atoms. The van der Waals surface area contributed by atoms with Crippen molar-refractivity contribution in [2.45, 2.75) is 6.61 Å². The Kier molecular flexibility index (Phi) is 4.57. The summed E-state index contributed by atoms with van der Waals surface area (Å²) in [5, 5.41) is 9.10. The number of benzene rings is 1. The van der Waals surface area contributed by atoms with E-state index in [1.807, 2.05) is 6.07 Å². The number of aromatic nitrogens is 1. The van der Waals surface area contributed by atoms with Crippen molar-refractivity contribution in [3.63, 3.8) is 0 Å². The first kappa shape index (κ1) is 14.3. The lowest BCUT2D eigenvalue weighted by Gasteiger charge is -2.12. The van der Waals surface area contributed by atoms with Gasteiger partial charge < -0.3 is 14.6 Å². The van der Waals surface area contributed by atoms with Crippen LogP contribution in [-0.4, -0.2) is 23.2 Å². The highest BCUT2D eigenvalue weighted by molar-refractivity contribution is 9.10. The average molecular weight is 338 g/mol. The van der Waals surface area contributed by atoms with Gasteiger partial charge in [-0.2, -0.15) is 0 Å². The second-order valence-corrected chi connectivity index (χ2v) is 4.79. The third-order valence-electron chi connectivity index (χ3n) is 2.60. The van der Waals surface area contributed by atoms with E-state index in [0.29, 0.717) is 16.0 Å². The molecule has 2 aromatic rings. The Labute approximate surface area is 124 Å². The SMILES string of the molecule is COc1cc(Br)c(C(=O)O)cc1OCc1cccnc1. The highest BCUT2D eigenvalue weighted by Crippen LogP contribution is 2.34. The maximum atomic E-state index is 11.1. The van der Waals surface area contributed by atoms with Crippen molar-refractivity contribution in [1.82, 2.24) is 4.98 Å². The third-order valence-corrected chi connectivity index (χ3v) is 3.26. The summed E-state index contributed by atoms with van der Waals surface area (Å²) in [7, 11) is 1.50. The predicted molar refractivity (Wildman–Crippen MR) is 76.2 cm³/mol.